The fraction of sp³-hybridized carbons (Fsp3) is 0.364. The van der Waals surface area contributed by atoms with Gasteiger partial charge in [-0.1, -0.05) is 6.07 Å². The molecule has 0 aromatic heterocycles. The number of carboxylic acid groups (broad SMARTS) is 1. The molecule has 3 N–H and O–H groups in total. The number of ether oxygens (including phenoxy) is 1. The molecule has 1 aromatic rings. The van der Waals surface area contributed by atoms with Crippen molar-refractivity contribution in [3.8, 4) is 5.75 Å². The Labute approximate surface area is 115 Å². The van der Waals surface area contributed by atoms with Gasteiger partial charge in [-0.25, -0.2) is 8.78 Å². The van der Waals surface area contributed by atoms with Gasteiger partial charge >= 0.3 is 12.4 Å². The van der Waals surface area contributed by atoms with Crippen molar-refractivity contribution >= 4 is 21.9 Å². The average Bonchev–Trinajstić information content (AvgIpc) is 2.30. The lowest BCUT2D eigenvalue weighted by Crippen LogP contribution is -2.20. The molecule has 8 heteroatoms. The van der Waals surface area contributed by atoms with Crippen LogP contribution in [0.4, 0.5) is 13.2 Å². The predicted octanol–water partition coefficient (Wildman–Crippen LogP) is 2.86. The Kier molecular flexibility index (Phi) is 5.61. The molecule has 1 aromatic carbocycles. The molecule has 0 heterocycles. The minimum absolute atomic E-state index is 0.112. The van der Waals surface area contributed by atoms with Gasteiger partial charge in [0.2, 0.25) is 0 Å². The van der Waals surface area contributed by atoms with E-state index in [2.05, 4.69) is 20.7 Å². The van der Waals surface area contributed by atoms with Crippen LogP contribution < -0.4 is 10.5 Å². The summed E-state index contributed by atoms with van der Waals surface area (Å²) in [6.07, 6.45) is -6.26. The summed E-state index contributed by atoms with van der Waals surface area (Å²) in [6.45, 7) is 0. The first-order valence-corrected chi connectivity index (χ1v) is 5.96. The molecule has 0 saturated heterocycles. The van der Waals surface area contributed by atoms with Crippen LogP contribution in [0.15, 0.2) is 22.7 Å². The van der Waals surface area contributed by atoms with Crippen molar-refractivity contribution in [2.24, 2.45) is 5.73 Å². The quantitative estimate of drug-likeness (QED) is 0.834. The molecule has 0 radical (unpaired) electrons. The zero-order valence-electron chi connectivity index (χ0n) is 9.52. The van der Waals surface area contributed by atoms with Crippen molar-refractivity contribution < 1.29 is 27.8 Å². The molecule has 1 rings (SSSR count). The first kappa shape index (κ1) is 15.8. The molecule has 0 fully saturated rings. The summed E-state index contributed by atoms with van der Waals surface area (Å²) in [5.41, 5.74) is 6.09. The van der Waals surface area contributed by atoms with E-state index in [4.69, 9.17) is 10.8 Å². The number of alkyl halides is 3. The predicted molar refractivity (Wildman–Crippen MR) is 64.9 cm³/mol. The summed E-state index contributed by atoms with van der Waals surface area (Å²) in [4.78, 5) is 10.5. The lowest BCUT2D eigenvalue weighted by molar-refractivity contribution is -0.137. The van der Waals surface area contributed by atoms with Crippen molar-refractivity contribution in [3.05, 3.63) is 28.2 Å². The number of carboxylic acids is 1. The number of aliphatic carboxylic acids is 1. The second-order valence-corrected chi connectivity index (χ2v) is 4.55. The Morgan fingerprint density at radius 2 is 2.05 bits per heavy atom. The van der Waals surface area contributed by atoms with Crippen LogP contribution in [0.2, 0.25) is 0 Å². The Morgan fingerprint density at radius 1 is 1.42 bits per heavy atom. The summed E-state index contributed by atoms with van der Waals surface area (Å²) in [7, 11) is 0. The molecule has 0 spiro atoms. The highest BCUT2D eigenvalue weighted by atomic mass is 79.9. The molecule has 0 saturated carbocycles. The molecule has 0 aliphatic rings. The summed E-state index contributed by atoms with van der Waals surface area (Å²) in [6, 6.07) is 3.29. The standard InChI is InChI=1S/C11H11BrF3NO3/c12-6-3-5(7(16)4-9(17)18)1-2-8(6)19-11(15)10(13)14/h1-3,7,10-11H,4,16H2,(H,17,18). The monoisotopic (exact) mass is 341 g/mol. The van der Waals surface area contributed by atoms with E-state index in [-0.39, 0.29) is 16.6 Å². The van der Waals surface area contributed by atoms with Gasteiger partial charge in [0, 0.05) is 6.04 Å². The summed E-state index contributed by atoms with van der Waals surface area (Å²) < 4.78 is 41.3. The van der Waals surface area contributed by atoms with Crippen molar-refractivity contribution in [2.45, 2.75) is 25.2 Å². The normalized spacial score (nSPS) is 14.2. The topological polar surface area (TPSA) is 72.6 Å². The number of hydrogen-bond acceptors (Lipinski definition) is 3. The van der Waals surface area contributed by atoms with Gasteiger partial charge in [-0.05, 0) is 33.6 Å². The van der Waals surface area contributed by atoms with Crippen LogP contribution in [-0.2, 0) is 4.79 Å². The van der Waals surface area contributed by atoms with Crippen LogP contribution in [0.25, 0.3) is 0 Å². The van der Waals surface area contributed by atoms with Gasteiger partial charge in [-0.3, -0.25) is 4.79 Å². The first-order valence-electron chi connectivity index (χ1n) is 5.17. The van der Waals surface area contributed by atoms with Gasteiger partial charge < -0.3 is 15.6 Å². The maximum atomic E-state index is 12.7. The number of benzene rings is 1. The number of hydrogen-bond donors (Lipinski definition) is 2. The molecule has 4 nitrogen and oxygen atoms in total. The highest BCUT2D eigenvalue weighted by molar-refractivity contribution is 9.10. The van der Waals surface area contributed by atoms with E-state index < -0.39 is 24.8 Å². The maximum Gasteiger partial charge on any atom is 0.305 e. The second-order valence-electron chi connectivity index (χ2n) is 3.70. The minimum atomic E-state index is -3.25. The second kappa shape index (κ2) is 6.76. The van der Waals surface area contributed by atoms with Crippen LogP contribution in [0.5, 0.6) is 5.75 Å². The molecular formula is C11H11BrF3NO3. The lowest BCUT2D eigenvalue weighted by Gasteiger charge is -2.14. The van der Waals surface area contributed by atoms with E-state index in [0.717, 1.165) is 0 Å². The largest absolute Gasteiger partial charge is 0.481 e. The zero-order chi connectivity index (χ0) is 14.6. The summed E-state index contributed by atoms with van der Waals surface area (Å²) in [5, 5.41) is 8.60. The van der Waals surface area contributed by atoms with E-state index in [1.54, 1.807) is 0 Å². The molecule has 0 bridgehead atoms. The third-order valence-corrected chi connectivity index (χ3v) is 2.84. The van der Waals surface area contributed by atoms with E-state index in [1.807, 2.05) is 0 Å². The number of halogens is 4. The molecule has 19 heavy (non-hydrogen) atoms. The molecular weight excluding hydrogens is 331 g/mol. The highest BCUT2D eigenvalue weighted by Gasteiger charge is 2.22. The Balaban J connectivity index is 2.82. The Morgan fingerprint density at radius 3 is 2.53 bits per heavy atom. The van der Waals surface area contributed by atoms with E-state index >= 15 is 0 Å². The third-order valence-electron chi connectivity index (χ3n) is 2.22. The van der Waals surface area contributed by atoms with Crippen LogP contribution in [0, 0.1) is 0 Å². The summed E-state index contributed by atoms with van der Waals surface area (Å²) in [5.74, 6) is -1.18. The van der Waals surface area contributed by atoms with E-state index in [0.29, 0.717) is 5.56 Å². The van der Waals surface area contributed by atoms with Crippen LogP contribution in [0.1, 0.15) is 18.0 Å². The van der Waals surface area contributed by atoms with Gasteiger partial charge in [0.05, 0.1) is 10.9 Å². The van der Waals surface area contributed by atoms with Crippen molar-refractivity contribution in [1.29, 1.82) is 0 Å². The molecule has 0 amide bonds. The molecule has 2 atom stereocenters. The van der Waals surface area contributed by atoms with Crippen LogP contribution in [0.3, 0.4) is 0 Å². The van der Waals surface area contributed by atoms with Crippen molar-refractivity contribution in [3.63, 3.8) is 0 Å². The van der Waals surface area contributed by atoms with Crippen molar-refractivity contribution in [1.82, 2.24) is 0 Å². The average molecular weight is 342 g/mol. The molecule has 0 aliphatic carbocycles. The van der Waals surface area contributed by atoms with E-state index in [1.165, 1.54) is 18.2 Å². The van der Waals surface area contributed by atoms with Gasteiger partial charge in [0.1, 0.15) is 5.75 Å². The SMILES string of the molecule is NC(CC(=O)O)c1ccc(OC(F)C(F)F)c(Br)c1. The molecule has 106 valence electrons. The van der Waals surface area contributed by atoms with Gasteiger partial charge in [-0.15, -0.1) is 0 Å². The number of carbonyl (C=O) groups is 1. The van der Waals surface area contributed by atoms with Crippen molar-refractivity contribution in [2.75, 3.05) is 0 Å². The van der Waals surface area contributed by atoms with E-state index in [9.17, 15) is 18.0 Å². The summed E-state index contributed by atoms with van der Waals surface area (Å²) >= 11 is 3.02. The fourth-order valence-electron chi connectivity index (χ4n) is 1.32. The van der Waals surface area contributed by atoms with Gasteiger partial charge in [-0.2, -0.15) is 4.39 Å². The Hall–Kier alpha value is -1.28. The smallest absolute Gasteiger partial charge is 0.305 e. The zero-order valence-corrected chi connectivity index (χ0v) is 11.1. The molecule has 0 aliphatic heterocycles. The third kappa shape index (κ3) is 4.71. The van der Waals surface area contributed by atoms with Gasteiger partial charge in [0.15, 0.2) is 0 Å². The van der Waals surface area contributed by atoms with Crippen LogP contribution >= 0.6 is 15.9 Å². The lowest BCUT2D eigenvalue weighted by atomic mass is 10.0. The first-order chi connectivity index (χ1) is 8.81. The minimum Gasteiger partial charge on any atom is -0.481 e. The molecule has 2 unspecified atom stereocenters. The fourth-order valence-corrected chi connectivity index (χ4v) is 1.81. The maximum absolute atomic E-state index is 12.7. The van der Waals surface area contributed by atoms with Crippen LogP contribution in [-0.4, -0.2) is 23.9 Å². The van der Waals surface area contributed by atoms with Gasteiger partial charge in [0.25, 0.3) is 6.36 Å². The number of rotatable bonds is 6. The number of nitrogens with two attached hydrogens (primary N) is 1. The Bertz CT molecular complexity index is 459. The highest BCUT2D eigenvalue weighted by Crippen LogP contribution is 2.30.